The number of ether oxygens (including phenoxy) is 2. The summed E-state index contributed by atoms with van der Waals surface area (Å²) in [4.78, 5) is 11.7. The van der Waals surface area contributed by atoms with Crippen molar-refractivity contribution in [2.45, 2.75) is 26.7 Å². The predicted octanol–water partition coefficient (Wildman–Crippen LogP) is 3.70. The Kier molecular flexibility index (Phi) is 8.87. The van der Waals surface area contributed by atoms with Gasteiger partial charge in [-0.1, -0.05) is 13.8 Å². The number of halogens is 1. The minimum atomic E-state index is -0.0467. The van der Waals surface area contributed by atoms with Crippen molar-refractivity contribution in [1.29, 1.82) is 0 Å². The van der Waals surface area contributed by atoms with Gasteiger partial charge in [-0.3, -0.25) is 4.79 Å². The van der Waals surface area contributed by atoms with Gasteiger partial charge in [-0.2, -0.15) is 0 Å². The highest BCUT2D eigenvalue weighted by molar-refractivity contribution is 6.17. The summed E-state index contributed by atoms with van der Waals surface area (Å²) in [6.07, 6.45) is 1.18. The van der Waals surface area contributed by atoms with Gasteiger partial charge in [0.15, 0.2) is 0 Å². The number of anilines is 1. The number of carbonyl (C=O) groups is 1. The zero-order chi connectivity index (χ0) is 15.5. The molecular formula is C16H24ClNO3. The van der Waals surface area contributed by atoms with Crippen molar-refractivity contribution in [2.24, 2.45) is 5.92 Å². The van der Waals surface area contributed by atoms with Gasteiger partial charge in [-0.25, -0.2) is 0 Å². The van der Waals surface area contributed by atoms with Crippen LogP contribution in [0.4, 0.5) is 5.69 Å². The van der Waals surface area contributed by atoms with Gasteiger partial charge >= 0.3 is 0 Å². The Balaban J connectivity index is 2.26. The first kappa shape index (κ1) is 17.8. The average Bonchev–Trinajstić information content (AvgIpc) is 2.45. The molecule has 0 aromatic heterocycles. The minimum absolute atomic E-state index is 0.0467. The van der Waals surface area contributed by atoms with Crippen LogP contribution in [0.1, 0.15) is 26.7 Å². The third-order valence-corrected chi connectivity index (χ3v) is 2.88. The number of carbonyl (C=O) groups excluding carboxylic acids is 1. The second-order valence-electron chi connectivity index (χ2n) is 5.18. The van der Waals surface area contributed by atoms with Crippen molar-refractivity contribution in [2.75, 3.05) is 31.0 Å². The maximum Gasteiger partial charge on any atom is 0.226 e. The van der Waals surface area contributed by atoms with Crippen LogP contribution in [-0.4, -0.2) is 31.6 Å². The van der Waals surface area contributed by atoms with Crippen molar-refractivity contribution in [1.82, 2.24) is 0 Å². The van der Waals surface area contributed by atoms with Gasteiger partial charge in [0, 0.05) is 18.2 Å². The fraction of sp³-hybridized carbons (Fsp3) is 0.562. The van der Waals surface area contributed by atoms with Crippen LogP contribution in [-0.2, 0) is 9.53 Å². The molecule has 1 aromatic rings. The van der Waals surface area contributed by atoms with Gasteiger partial charge in [0.05, 0.1) is 19.6 Å². The lowest BCUT2D eigenvalue weighted by Crippen LogP contribution is -2.15. The molecule has 4 nitrogen and oxygen atoms in total. The van der Waals surface area contributed by atoms with E-state index >= 15 is 0 Å². The molecule has 1 amide bonds. The third kappa shape index (κ3) is 8.58. The molecule has 0 fully saturated rings. The Hall–Kier alpha value is -1.26. The van der Waals surface area contributed by atoms with E-state index in [4.69, 9.17) is 21.1 Å². The largest absolute Gasteiger partial charge is 0.494 e. The summed E-state index contributed by atoms with van der Waals surface area (Å²) in [6, 6.07) is 7.31. The van der Waals surface area contributed by atoms with E-state index in [-0.39, 0.29) is 5.91 Å². The molecule has 0 saturated carbocycles. The summed E-state index contributed by atoms with van der Waals surface area (Å²) >= 11 is 5.58. The zero-order valence-corrected chi connectivity index (χ0v) is 13.5. The highest BCUT2D eigenvalue weighted by Gasteiger charge is 2.03. The predicted molar refractivity (Wildman–Crippen MR) is 86.2 cm³/mol. The zero-order valence-electron chi connectivity index (χ0n) is 12.7. The Morgan fingerprint density at radius 2 is 1.95 bits per heavy atom. The monoisotopic (exact) mass is 313 g/mol. The summed E-state index contributed by atoms with van der Waals surface area (Å²) in [5.41, 5.74) is 0.758. The summed E-state index contributed by atoms with van der Waals surface area (Å²) in [5.74, 6) is 1.81. The number of hydrogen-bond acceptors (Lipinski definition) is 3. The molecule has 0 aliphatic carbocycles. The lowest BCUT2D eigenvalue weighted by molar-refractivity contribution is -0.117. The molecule has 0 aliphatic rings. The van der Waals surface area contributed by atoms with Gasteiger partial charge in [0.2, 0.25) is 5.91 Å². The lowest BCUT2D eigenvalue weighted by Gasteiger charge is -2.09. The molecule has 0 radical (unpaired) electrons. The second-order valence-corrected chi connectivity index (χ2v) is 5.56. The molecule has 1 N–H and O–H groups in total. The van der Waals surface area contributed by atoms with Crippen LogP contribution in [0.2, 0.25) is 0 Å². The molecular weight excluding hydrogens is 290 g/mol. The number of hydrogen-bond donors (Lipinski definition) is 1. The van der Waals surface area contributed by atoms with Crippen molar-refractivity contribution in [3.05, 3.63) is 24.3 Å². The van der Waals surface area contributed by atoms with Crippen molar-refractivity contribution in [3.8, 4) is 5.75 Å². The first-order valence-corrected chi connectivity index (χ1v) is 7.81. The van der Waals surface area contributed by atoms with E-state index in [1.165, 1.54) is 0 Å². The number of alkyl halides is 1. The Labute approximate surface area is 131 Å². The van der Waals surface area contributed by atoms with E-state index in [0.717, 1.165) is 17.9 Å². The lowest BCUT2D eigenvalue weighted by atomic mass is 10.2. The Morgan fingerprint density at radius 1 is 1.24 bits per heavy atom. The number of rotatable bonds is 10. The van der Waals surface area contributed by atoms with Crippen LogP contribution < -0.4 is 10.1 Å². The van der Waals surface area contributed by atoms with E-state index in [0.29, 0.717) is 38.0 Å². The molecule has 118 valence electrons. The van der Waals surface area contributed by atoms with Crippen LogP contribution >= 0.6 is 11.6 Å². The van der Waals surface area contributed by atoms with Crippen LogP contribution in [0, 0.1) is 5.92 Å². The fourth-order valence-corrected chi connectivity index (χ4v) is 1.70. The quantitative estimate of drug-likeness (QED) is 0.529. The van der Waals surface area contributed by atoms with Crippen LogP contribution in [0.5, 0.6) is 5.75 Å². The van der Waals surface area contributed by atoms with Crippen LogP contribution in [0.25, 0.3) is 0 Å². The Bertz CT molecular complexity index is 406. The van der Waals surface area contributed by atoms with E-state index in [2.05, 4.69) is 19.2 Å². The summed E-state index contributed by atoms with van der Waals surface area (Å²) in [6.45, 7) is 5.89. The molecule has 5 heteroatoms. The van der Waals surface area contributed by atoms with Gasteiger partial charge in [0.1, 0.15) is 5.75 Å². The smallest absolute Gasteiger partial charge is 0.226 e. The molecule has 0 saturated heterocycles. The molecule has 0 atom stereocenters. The van der Waals surface area contributed by atoms with E-state index in [1.54, 1.807) is 0 Å². The number of benzene rings is 1. The van der Waals surface area contributed by atoms with Crippen LogP contribution in [0.3, 0.4) is 0 Å². The standard InChI is InChI=1S/C16H24ClNO3/c1-13(2)12-20-11-8-16(19)18-14-4-6-15(7-5-14)21-10-3-9-17/h4-7,13H,3,8-12H2,1-2H3,(H,18,19). The summed E-state index contributed by atoms with van der Waals surface area (Å²) in [5, 5.41) is 2.83. The van der Waals surface area contributed by atoms with E-state index in [1.807, 2.05) is 24.3 Å². The summed E-state index contributed by atoms with van der Waals surface area (Å²) in [7, 11) is 0. The van der Waals surface area contributed by atoms with Gasteiger partial charge < -0.3 is 14.8 Å². The van der Waals surface area contributed by atoms with E-state index < -0.39 is 0 Å². The number of nitrogens with one attached hydrogen (secondary N) is 1. The van der Waals surface area contributed by atoms with Gasteiger partial charge in [-0.05, 0) is 36.6 Å². The van der Waals surface area contributed by atoms with Gasteiger partial charge in [-0.15, -0.1) is 11.6 Å². The maximum atomic E-state index is 11.7. The normalized spacial score (nSPS) is 10.7. The molecule has 21 heavy (non-hydrogen) atoms. The first-order valence-electron chi connectivity index (χ1n) is 7.28. The summed E-state index contributed by atoms with van der Waals surface area (Å²) < 4.78 is 10.9. The van der Waals surface area contributed by atoms with E-state index in [9.17, 15) is 4.79 Å². The van der Waals surface area contributed by atoms with Crippen LogP contribution in [0.15, 0.2) is 24.3 Å². The Morgan fingerprint density at radius 3 is 2.57 bits per heavy atom. The second kappa shape index (κ2) is 10.5. The van der Waals surface area contributed by atoms with Gasteiger partial charge in [0.25, 0.3) is 0 Å². The molecule has 1 rings (SSSR count). The maximum absolute atomic E-state index is 11.7. The van der Waals surface area contributed by atoms with Crippen molar-refractivity contribution >= 4 is 23.2 Å². The molecule has 0 unspecified atom stereocenters. The molecule has 0 spiro atoms. The fourth-order valence-electron chi connectivity index (χ4n) is 1.59. The van der Waals surface area contributed by atoms with Crippen molar-refractivity contribution in [3.63, 3.8) is 0 Å². The molecule has 0 heterocycles. The third-order valence-electron chi connectivity index (χ3n) is 2.61. The molecule has 1 aromatic carbocycles. The first-order chi connectivity index (χ1) is 10.1. The highest BCUT2D eigenvalue weighted by Crippen LogP contribution is 2.16. The number of amides is 1. The highest BCUT2D eigenvalue weighted by atomic mass is 35.5. The molecule has 0 aliphatic heterocycles. The SMILES string of the molecule is CC(C)COCCC(=O)Nc1ccc(OCCCCl)cc1. The topological polar surface area (TPSA) is 47.6 Å². The molecule has 0 bridgehead atoms. The minimum Gasteiger partial charge on any atom is -0.494 e. The van der Waals surface area contributed by atoms with Crippen molar-refractivity contribution < 1.29 is 14.3 Å². The average molecular weight is 314 g/mol.